The molecule has 1 amide bonds. The Morgan fingerprint density at radius 3 is 2.95 bits per heavy atom. The van der Waals surface area contributed by atoms with Gasteiger partial charge in [-0.15, -0.1) is 11.3 Å². The van der Waals surface area contributed by atoms with E-state index in [4.69, 9.17) is 4.42 Å². The highest BCUT2D eigenvalue weighted by Crippen LogP contribution is 2.47. The fraction of sp³-hybridized carbons (Fsp3) is 0.353. The van der Waals surface area contributed by atoms with Crippen LogP contribution >= 0.6 is 11.3 Å². The molecule has 3 nitrogen and oxygen atoms in total. The van der Waals surface area contributed by atoms with Crippen molar-refractivity contribution in [2.75, 3.05) is 0 Å². The Hall–Kier alpha value is -1.81. The average molecular weight is 301 g/mol. The molecule has 1 aliphatic rings. The van der Waals surface area contributed by atoms with Crippen molar-refractivity contribution in [3.63, 3.8) is 0 Å². The van der Waals surface area contributed by atoms with E-state index in [1.165, 1.54) is 12.5 Å². The first-order chi connectivity index (χ1) is 10.1. The van der Waals surface area contributed by atoms with Gasteiger partial charge in [-0.2, -0.15) is 0 Å². The Bertz CT molecular complexity index is 642. The van der Waals surface area contributed by atoms with Gasteiger partial charge >= 0.3 is 0 Å². The minimum absolute atomic E-state index is 0.0293. The van der Waals surface area contributed by atoms with Gasteiger partial charge in [-0.1, -0.05) is 13.0 Å². The minimum Gasteiger partial charge on any atom is -0.461 e. The quantitative estimate of drug-likeness (QED) is 0.834. The molecule has 0 aliphatic heterocycles. The van der Waals surface area contributed by atoms with Gasteiger partial charge < -0.3 is 9.73 Å². The molecule has 110 valence electrons. The van der Waals surface area contributed by atoms with Crippen LogP contribution in [0, 0.1) is 5.92 Å². The maximum atomic E-state index is 11.9. The monoisotopic (exact) mass is 301 g/mol. The van der Waals surface area contributed by atoms with Crippen molar-refractivity contribution in [2.45, 2.75) is 32.2 Å². The van der Waals surface area contributed by atoms with Gasteiger partial charge in [0, 0.05) is 16.9 Å². The van der Waals surface area contributed by atoms with Crippen molar-refractivity contribution in [3.8, 4) is 0 Å². The second-order valence-corrected chi connectivity index (χ2v) is 6.62. The van der Waals surface area contributed by atoms with E-state index in [1.807, 2.05) is 36.6 Å². The molecule has 2 heterocycles. The van der Waals surface area contributed by atoms with Crippen molar-refractivity contribution in [1.82, 2.24) is 5.32 Å². The molecule has 1 saturated carbocycles. The first-order valence-corrected chi connectivity index (χ1v) is 8.13. The maximum absolute atomic E-state index is 11.9. The molecule has 0 bridgehead atoms. The third-order valence-corrected chi connectivity index (χ3v) is 4.91. The molecule has 2 aromatic rings. The van der Waals surface area contributed by atoms with E-state index >= 15 is 0 Å². The molecular formula is C17H19NO2S. The van der Waals surface area contributed by atoms with E-state index < -0.39 is 0 Å². The SMILES string of the molecule is C[C@H](NC(=O)/C=C/c1ccc([C@@H]2C[C@@H]2C)o1)c1cccs1. The molecule has 3 atom stereocenters. The average Bonchev–Trinajstić information content (AvgIpc) is 2.93. The van der Waals surface area contributed by atoms with Gasteiger partial charge in [0.25, 0.3) is 0 Å². The lowest BCUT2D eigenvalue weighted by molar-refractivity contribution is -0.117. The predicted molar refractivity (Wildman–Crippen MR) is 85.1 cm³/mol. The van der Waals surface area contributed by atoms with Crippen LogP contribution in [0.3, 0.4) is 0 Å². The number of hydrogen-bond donors (Lipinski definition) is 1. The summed E-state index contributed by atoms with van der Waals surface area (Å²) in [6, 6.07) is 7.98. The molecule has 3 rings (SSSR count). The van der Waals surface area contributed by atoms with Gasteiger partial charge in [0.2, 0.25) is 5.91 Å². The zero-order valence-corrected chi connectivity index (χ0v) is 13.0. The highest BCUT2D eigenvalue weighted by molar-refractivity contribution is 7.10. The molecule has 21 heavy (non-hydrogen) atoms. The number of furan rings is 1. The zero-order chi connectivity index (χ0) is 14.8. The number of carbonyl (C=O) groups is 1. The summed E-state index contributed by atoms with van der Waals surface area (Å²) in [7, 11) is 0. The van der Waals surface area contributed by atoms with E-state index in [-0.39, 0.29) is 11.9 Å². The lowest BCUT2D eigenvalue weighted by Crippen LogP contribution is -2.23. The Morgan fingerprint density at radius 2 is 2.29 bits per heavy atom. The second kappa shape index (κ2) is 5.90. The Morgan fingerprint density at radius 1 is 1.48 bits per heavy atom. The van der Waals surface area contributed by atoms with Crippen LogP contribution in [0.4, 0.5) is 0 Å². The maximum Gasteiger partial charge on any atom is 0.244 e. The highest BCUT2D eigenvalue weighted by Gasteiger charge is 2.36. The van der Waals surface area contributed by atoms with E-state index in [9.17, 15) is 4.79 Å². The van der Waals surface area contributed by atoms with Gasteiger partial charge in [-0.25, -0.2) is 0 Å². The summed E-state index contributed by atoms with van der Waals surface area (Å²) in [5, 5.41) is 4.96. The number of carbonyl (C=O) groups excluding carboxylic acids is 1. The first kappa shape index (κ1) is 14.1. The minimum atomic E-state index is -0.103. The van der Waals surface area contributed by atoms with Crippen LogP contribution in [0.2, 0.25) is 0 Å². The second-order valence-electron chi connectivity index (χ2n) is 5.64. The largest absolute Gasteiger partial charge is 0.461 e. The van der Waals surface area contributed by atoms with Crippen molar-refractivity contribution >= 4 is 23.3 Å². The third kappa shape index (κ3) is 3.45. The Balaban J connectivity index is 1.55. The van der Waals surface area contributed by atoms with Gasteiger partial charge in [-0.3, -0.25) is 4.79 Å². The van der Waals surface area contributed by atoms with E-state index in [2.05, 4.69) is 12.2 Å². The molecule has 1 N–H and O–H groups in total. The first-order valence-electron chi connectivity index (χ1n) is 7.25. The van der Waals surface area contributed by atoms with E-state index in [0.717, 1.165) is 22.3 Å². The van der Waals surface area contributed by atoms with Gasteiger partial charge in [0.15, 0.2) is 0 Å². The van der Waals surface area contributed by atoms with E-state index in [1.54, 1.807) is 17.4 Å². The summed E-state index contributed by atoms with van der Waals surface area (Å²) in [6.45, 7) is 4.21. The predicted octanol–water partition coefficient (Wildman–Crippen LogP) is 4.36. The normalized spacial score (nSPS) is 22.4. The van der Waals surface area contributed by atoms with Gasteiger partial charge in [0.05, 0.1) is 6.04 Å². The summed E-state index contributed by atoms with van der Waals surface area (Å²) in [6.07, 6.45) is 4.46. The number of thiophene rings is 1. The standard InChI is InChI=1S/C17H19NO2S/c1-11-10-14(11)15-7-5-13(20-15)6-8-17(19)18-12(2)16-4-3-9-21-16/h3-9,11-12,14H,10H2,1-2H3,(H,18,19)/b8-6+/t11-,12-,14+/m0/s1. The fourth-order valence-electron chi connectivity index (χ4n) is 2.40. The van der Waals surface area contributed by atoms with Crippen LogP contribution in [0.25, 0.3) is 6.08 Å². The molecule has 0 unspecified atom stereocenters. The summed E-state index contributed by atoms with van der Waals surface area (Å²) >= 11 is 1.64. The summed E-state index contributed by atoms with van der Waals surface area (Å²) < 4.78 is 5.74. The Labute approximate surface area is 128 Å². The van der Waals surface area contributed by atoms with Gasteiger partial charge in [-0.05, 0) is 48.9 Å². The number of rotatable bonds is 5. The lowest BCUT2D eigenvalue weighted by Gasteiger charge is -2.09. The van der Waals surface area contributed by atoms with Crippen LogP contribution in [0.5, 0.6) is 0 Å². The smallest absolute Gasteiger partial charge is 0.244 e. The number of amides is 1. The molecule has 4 heteroatoms. The fourth-order valence-corrected chi connectivity index (χ4v) is 3.14. The molecule has 1 aliphatic carbocycles. The lowest BCUT2D eigenvalue weighted by atomic mass is 10.2. The molecular weight excluding hydrogens is 282 g/mol. The van der Waals surface area contributed by atoms with Crippen molar-refractivity contribution in [1.29, 1.82) is 0 Å². The third-order valence-electron chi connectivity index (χ3n) is 3.85. The number of nitrogens with one attached hydrogen (secondary N) is 1. The summed E-state index contributed by atoms with van der Waals surface area (Å²) in [5.74, 6) is 2.97. The molecule has 2 aromatic heterocycles. The van der Waals surface area contributed by atoms with E-state index in [0.29, 0.717) is 5.92 Å². The summed E-state index contributed by atoms with van der Waals surface area (Å²) in [5.41, 5.74) is 0. The van der Waals surface area contributed by atoms with Crippen LogP contribution in [-0.2, 0) is 4.79 Å². The van der Waals surface area contributed by atoms with Crippen LogP contribution in [0.15, 0.2) is 40.1 Å². The van der Waals surface area contributed by atoms with Gasteiger partial charge in [0.1, 0.15) is 11.5 Å². The molecule has 0 spiro atoms. The zero-order valence-electron chi connectivity index (χ0n) is 12.2. The number of hydrogen-bond acceptors (Lipinski definition) is 3. The van der Waals surface area contributed by atoms with Crippen molar-refractivity contribution < 1.29 is 9.21 Å². The topological polar surface area (TPSA) is 42.2 Å². The highest BCUT2D eigenvalue weighted by atomic mass is 32.1. The summed E-state index contributed by atoms with van der Waals surface area (Å²) in [4.78, 5) is 13.0. The molecule has 0 aromatic carbocycles. The van der Waals surface area contributed by atoms with Crippen molar-refractivity contribution in [2.24, 2.45) is 5.92 Å². The van der Waals surface area contributed by atoms with Crippen LogP contribution in [0.1, 0.15) is 48.6 Å². The van der Waals surface area contributed by atoms with Crippen LogP contribution < -0.4 is 5.32 Å². The molecule has 0 saturated heterocycles. The van der Waals surface area contributed by atoms with Crippen LogP contribution in [-0.4, -0.2) is 5.91 Å². The van der Waals surface area contributed by atoms with Crippen molar-refractivity contribution in [3.05, 3.63) is 52.1 Å². The Kier molecular flexibility index (Phi) is 3.97. The molecule has 0 radical (unpaired) electrons. The molecule has 1 fully saturated rings.